The summed E-state index contributed by atoms with van der Waals surface area (Å²) in [4.78, 5) is 12.6. The van der Waals surface area contributed by atoms with Crippen molar-refractivity contribution in [3.05, 3.63) is 35.4 Å². The van der Waals surface area contributed by atoms with Crippen LogP contribution in [0.1, 0.15) is 50.7 Å². The molecule has 0 heterocycles. The number of nitrogens with one attached hydrogen (secondary N) is 1. The van der Waals surface area contributed by atoms with Crippen molar-refractivity contribution < 1.29 is 4.79 Å². The maximum atomic E-state index is 12.6. The van der Waals surface area contributed by atoms with E-state index in [0.29, 0.717) is 6.04 Å². The van der Waals surface area contributed by atoms with Gasteiger partial charge in [-0.15, -0.1) is 12.4 Å². The van der Waals surface area contributed by atoms with Crippen LogP contribution >= 0.6 is 12.4 Å². The van der Waals surface area contributed by atoms with Crippen molar-refractivity contribution in [2.24, 2.45) is 5.73 Å². The zero-order valence-corrected chi connectivity index (χ0v) is 14.0. The number of carbonyl (C=O) groups excluding carboxylic acids is 1. The van der Waals surface area contributed by atoms with Gasteiger partial charge in [0.05, 0.1) is 5.41 Å². The maximum Gasteiger partial charge on any atom is 0.230 e. The van der Waals surface area contributed by atoms with Crippen molar-refractivity contribution in [2.45, 2.75) is 64.0 Å². The van der Waals surface area contributed by atoms with Crippen LogP contribution in [0.25, 0.3) is 0 Å². The highest BCUT2D eigenvalue weighted by atomic mass is 35.5. The number of hydrogen-bond donors (Lipinski definition) is 2. The van der Waals surface area contributed by atoms with Crippen molar-refractivity contribution >= 4 is 18.3 Å². The molecule has 3 nitrogen and oxygen atoms in total. The van der Waals surface area contributed by atoms with E-state index in [1.54, 1.807) is 0 Å². The first-order valence-electron chi connectivity index (χ1n) is 7.54. The highest BCUT2D eigenvalue weighted by Gasteiger charge is 2.32. The predicted molar refractivity (Wildman–Crippen MR) is 89.8 cm³/mol. The molecule has 2 rings (SSSR count). The first-order chi connectivity index (χ1) is 9.41. The fourth-order valence-corrected chi connectivity index (χ4v) is 3.03. The third kappa shape index (κ3) is 4.21. The Morgan fingerprint density at radius 3 is 2.33 bits per heavy atom. The fourth-order valence-electron chi connectivity index (χ4n) is 3.03. The molecule has 1 aliphatic carbocycles. The molecule has 0 aromatic heterocycles. The molecule has 21 heavy (non-hydrogen) atoms. The van der Waals surface area contributed by atoms with Crippen LogP contribution in [0, 0.1) is 6.92 Å². The molecule has 0 radical (unpaired) electrons. The summed E-state index contributed by atoms with van der Waals surface area (Å²) in [6.45, 7) is 6.06. The molecule has 0 spiro atoms. The van der Waals surface area contributed by atoms with Crippen LogP contribution < -0.4 is 11.1 Å². The number of aryl methyl sites for hydroxylation is 1. The van der Waals surface area contributed by atoms with Crippen molar-refractivity contribution in [3.8, 4) is 0 Å². The lowest BCUT2D eigenvalue weighted by molar-refractivity contribution is -0.126. The summed E-state index contributed by atoms with van der Waals surface area (Å²) in [6, 6.07) is 8.71. The van der Waals surface area contributed by atoms with E-state index in [0.717, 1.165) is 31.2 Å². The van der Waals surface area contributed by atoms with Gasteiger partial charge in [-0.3, -0.25) is 4.79 Å². The lowest BCUT2D eigenvalue weighted by Gasteiger charge is -2.32. The van der Waals surface area contributed by atoms with Gasteiger partial charge in [0, 0.05) is 12.1 Å². The topological polar surface area (TPSA) is 55.1 Å². The van der Waals surface area contributed by atoms with Gasteiger partial charge in [0.25, 0.3) is 0 Å². The summed E-state index contributed by atoms with van der Waals surface area (Å²) in [5.41, 5.74) is 7.68. The molecule has 1 aliphatic rings. The molecule has 0 saturated heterocycles. The van der Waals surface area contributed by atoms with Crippen LogP contribution in [0.3, 0.4) is 0 Å². The van der Waals surface area contributed by atoms with Gasteiger partial charge in [-0.1, -0.05) is 24.3 Å². The Kier molecular flexibility index (Phi) is 6.24. The number of benzene rings is 1. The van der Waals surface area contributed by atoms with Crippen LogP contribution in [0.2, 0.25) is 0 Å². The molecular weight excluding hydrogens is 284 g/mol. The summed E-state index contributed by atoms with van der Waals surface area (Å²) in [5, 5.41) is 3.21. The molecular formula is C17H27ClN2O. The van der Waals surface area contributed by atoms with Crippen molar-refractivity contribution in [1.82, 2.24) is 5.32 Å². The van der Waals surface area contributed by atoms with E-state index >= 15 is 0 Å². The number of hydrogen-bond acceptors (Lipinski definition) is 2. The number of nitrogens with two attached hydrogens (primary N) is 1. The standard InChI is InChI=1S/C17H26N2O.ClH/c1-12-6-4-5-7-15(12)17(2,3)16(20)19-14-10-8-13(18)9-11-14;/h4-7,13-14H,8-11,18H2,1-3H3,(H,19,20);1H. The van der Waals surface area contributed by atoms with Crippen LogP contribution in [0.5, 0.6) is 0 Å². The molecule has 1 amide bonds. The Bertz CT molecular complexity index is 479. The smallest absolute Gasteiger partial charge is 0.230 e. The summed E-state index contributed by atoms with van der Waals surface area (Å²) in [7, 11) is 0. The molecule has 4 heteroatoms. The van der Waals surface area contributed by atoms with E-state index in [-0.39, 0.29) is 24.4 Å². The van der Waals surface area contributed by atoms with Crippen LogP contribution in [-0.4, -0.2) is 18.0 Å². The Hall–Kier alpha value is -1.06. The quantitative estimate of drug-likeness (QED) is 0.901. The Morgan fingerprint density at radius 1 is 1.19 bits per heavy atom. The molecule has 3 N–H and O–H groups in total. The highest BCUT2D eigenvalue weighted by molar-refractivity contribution is 5.88. The minimum absolute atomic E-state index is 0. The molecule has 1 aromatic carbocycles. The van der Waals surface area contributed by atoms with Gasteiger partial charge < -0.3 is 11.1 Å². The van der Waals surface area contributed by atoms with Gasteiger partial charge >= 0.3 is 0 Å². The fraction of sp³-hybridized carbons (Fsp3) is 0.588. The second-order valence-corrected chi connectivity index (χ2v) is 6.53. The molecule has 0 aliphatic heterocycles. The number of carbonyl (C=O) groups is 1. The van der Waals surface area contributed by atoms with E-state index in [9.17, 15) is 4.79 Å². The first-order valence-corrected chi connectivity index (χ1v) is 7.54. The summed E-state index contributed by atoms with van der Waals surface area (Å²) in [6.07, 6.45) is 4.01. The van der Waals surface area contributed by atoms with Gasteiger partial charge in [0.1, 0.15) is 0 Å². The van der Waals surface area contributed by atoms with Crippen LogP contribution in [0.4, 0.5) is 0 Å². The number of rotatable bonds is 3. The normalized spacial score (nSPS) is 22.3. The van der Waals surface area contributed by atoms with Gasteiger partial charge in [0.15, 0.2) is 0 Å². The van der Waals surface area contributed by atoms with Gasteiger partial charge in [-0.05, 0) is 57.6 Å². The number of amides is 1. The second kappa shape index (κ2) is 7.28. The zero-order chi connectivity index (χ0) is 14.8. The average molecular weight is 311 g/mol. The zero-order valence-electron chi connectivity index (χ0n) is 13.2. The molecule has 1 fully saturated rings. The maximum absolute atomic E-state index is 12.6. The van der Waals surface area contributed by atoms with E-state index < -0.39 is 5.41 Å². The molecule has 118 valence electrons. The summed E-state index contributed by atoms with van der Waals surface area (Å²) < 4.78 is 0. The van der Waals surface area contributed by atoms with Crippen molar-refractivity contribution in [3.63, 3.8) is 0 Å². The Balaban J connectivity index is 0.00000220. The van der Waals surface area contributed by atoms with Crippen LogP contribution in [0.15, 0.2) is 24.3 Å². The third-order valence-corrected chi connectivity index (χ3v) is 4.49. The number of halogens is 1. The lowest BCUT2D eigenvalue weighted by atomic mass is 9.80. The van der Waals surface area contributed by atoms with Gasteiger partial charge in [-0.25, -0.2) is 0 Å². The summed E-state index contributed by atoms with van der Waals surface area (Å²) in [5.74, 6) is 0.118. The largest absolute Gasteiger partial charge is 0.353 e. The van der Waals surface area contributed by atoms with E-state index in [1.165, 1.54) is 5.56 Å². The second-order valence-electron chi connectivity index (χ2n) is 6.53. The molecule has 0 unspecified atom stereocenters. The van der Waals surface area contributed by atoms with Crippen LogP contribution in [-0.2, 0) is 10.2 Å². The highest BCUT2D eigenvalue weighted by Crippen LogP contribution is 2.27. The lowest BCUT2D eigenvalue weighted by Crippen LogP contribution is -2.47. The Labute approximate surface area is 134 Å². The average Bonchev–Trinajstić information content (AvgIpc) is 2.41. The first kappa shape index (κ1) is 18.0. The minimum Gasteiger partial charge on any atom is -0.353 e. The monoisotopic (exact) mass is 310 g/mol. The SMILES string of the molecule is Cc1ccccc1C(C)(C)C(=O)NC1CCC(N)CC1.Cl. The van der Waals surface area contributed by atoms with Gasteiger partial charge in [-0.2, -0.15) is 0 Å². The third-order valence-electron chi connectivity index (χ3n) is 4.49. The minimum atomic E-state index is -0.495. The molecule has 1 aromatic rings. The van der Waals surface area contributed by atoms with Crippen molar-refractivity contribution in [2.75, 3.05) is 0 Å². The van der Waals surface area contributed by atoms with E-state index in [4.69, 9.17) is 5.73 Å². The van der Waals surface area contributed by atoms with E-state index in [2.05, 4.69) is 18.3 Å². The molecule has 1 saturated carbocycles. The van der Waals surface area contributed by atoms with Gasteiger partial charge in [0.2, 0.25) is 5.91 Å². The summed E-state index contributed by atoms with van der Waals surface area (Å²) >= 11 is 0. The predicted octanol–water partition coefficient (Wildman–Crippen LogP) is 3.08. The molecule has 0 bridgehead atoms. The Morgan fingerprint density at radius 2 is 1.76 bits per heavy atom. The van der Waals surface area contributed by atoms with E-state index in [1.807, 2.05) is 32.0 Å². The van der Waals surface area contributed by atoms with Crippen molar-refractivity contribution in [1.29, 1.82) is 0 Å². The molecule has 0 atom stereocenters.